The van der Waals surface area contributed by atoms with Crippen LogP contribution in [0.3, 0.4) is 0 Å². The van der Waals surface area contributed by atoms with Crippen molar-refractivity contribution in [1.29, 1.82) is 0 Å². The third kappa shape index (κ3) is 1.85. The highest BCUT2D eigenvalue weighted by Crippen LogP contribution is 2.40. The molecule has 12 heavy (non-hydrogen) atoms. The van der Waals surface area contributed by atoms with Gasteiger partial charge in [-0.1, -0.05) is 6.08 Å². The maximum Gasteiger partial charge on any atom is 0.343 e. The van der Waals surface area contributed by atoms with Crippen molar-refractivity contribution in [3.8, 4) is 0 Å². The first-order valence-electron chi connectivity index (χ1n) is 4.21. The van der Waals surface area contributed by atoms with Gasteiger partial charge in [-0.05, 0) is 26.7 Å². The maximum atomic E-state index is 11.3. The molecule has 0 radical (unpaired) electrons. The van der Waals surface area contributed by atoms with Crippen molar-refractivity contribution >= 4 is 5.97 Å². The van der Waals surface area contributed by atoms with Gasteiger partial charge in [-0.25, -0.2) is 4.79 Å². The Morgan fingerprint density at radius 3 is 2.67 bits per heavy atom. The van der Waals surface area contributed by atoms with Crippen molar-refractivity contribution in [2.75, 3.05) is 6.61 Å². The molecule has 1 rings (SSSR count). The lowest BCUT2D eigenvalue weighted by Gasteiger charge is -2.11. The highest BCUT2D eigenvalue weighted by Gasteiger charge is 2.52. The molecule has 3 heteroatoms. The van der Waals surface area contributed by atoms with Crippen LogP contribution < -0.4 is 0 Å². The fourth-order valence-electron chi connectivity index (χ4n) is 1.03. The Morgan fingerprint density at radius 1 is 1.58 bits per heavy atom. The molecule has 0 aromatic heterocycles. The number of allylic oxidation sites excluding steroid dienone is 1. The van der Waals surface area contributed by atoms with Crippen molar-refractivity contribution in [3.63, 3.8) is 0 Å². The summed E-state index contributed by atoms with van der Waals surface area (Å²) < 4.78 is 10.1. The third-order valence-electron chi connectivity index (χ3n) is 1.81. The minimum absolute atomic E-state index is 0.262. The summed E-state index contributed by atoms with van der Waals surface area (Å²) in [7, 11) is 0. The SMILES string of the molecule is CC=COC(=O)C1(OCC)CC1. The van der Waals surface area contributed by atoms with Crippen LogP contribution in [-0.2, 0) is 14.3 Å². The maximum absolute atomic E-state index is 11.3. The molecule has 0 aromatic rings. The molecular weight excluding hydrogens is 156 g/mol. The Kier molecular flexibility index (Phi) is 2.87. The van der Waals surface area contributed by atoms with Gasteiger partial charge < -0.3 is 9.47 Å². The van der Waals surface area contributed by atoms with Gasteiger partial charge in [-0.15, -0.1) is 0 Å². The predicted octanol–water partition coefficient (Wildman–Crippen LogP) is 1.63. The van der Waals surface area contributed by atoms with Gasteiger partial charge in [0.15, 0.2) is 5.60 Å². The van der Waals surface area contributed by atoms with Gasteiger partial charge in [-0.3, -0.25) is 0 Å². The van der Waals surface area contributed by atoms with Crippen molar-refractivity contribution in [2.45, 2.75) is 32.3 Å². The Morgan fingerprint density at radius 2 is 2.25 bits per heavy atom. The quantitative estimate of drug-likeness (QED) is 0.475. The Bertz CT molecular complexity index is 192. The van der Waals surface area contributed by atoms with Crippen LogP contribution in [-0.4, -0.2) is 18.2 Å². The second kappa shape index (κ2) is 3.72. The molecule has 0 spiro atoms. The second-order valence-electron chi connectivity index (χ2n) is 2.80. The second-order valence-corrected chi connectivity index (χ2v) is 2.80. The van der Waals surface area contributed by atoms with E-state index in [1.165, 1.54) is 6.26 Å². The largest absolute Gasteiger partial charge is 0.433 e. The molecule has 3 nitrogen and oxygen atoms in total. The van der Waals surface area contributed by atoms with Gasteiger partial charge in [0.25, 0.3) is 0 Å². The normalized spacial score (nSPS) is 19.5. The van der Waals surface area contributed by atoms with E-state index in [-0.39, 0.29) is 5.97 Å². The van der Waals surface area contributed by atoms with Crippen molar-refractivity contribution in [3.05, 3.63) is 12.3 Å². The van der Waals surface area contributed by atoms with Crippen molar-refractivity contribution in [2.24, 2.45) is 0 Å². The Hall–Kier alpha value is -0.830. The molecule has 0 aliphatic heterocycles. The summed E-state index contributed by atoms with van der Waals surface area (Å²) >= 11 is 0. The number of hydrogen-bond donors (Lipinski definition) is 0. The van der Waals surface area contributed by atoms with Gasteiger partial charge in [0.2, 0.25) is 0 Å². The zero-order chi connectivity index (χ0) is 9.03. The van der Waals surface area contributed by atoms with Crippen LogP contribution in [0.2, 0.25) is 0 Å². The average Bonchev–Trinajstić information content (AvgIpc) is 2.82. The van der Waals surface area contributed by atoms with Crippen molar-refractivity contribution in [1.82, 2.24) is 0 Å². The van der Waals surface area contributed by atoms with Gasteiger partial charge in [-0.2, -0.15) is 0 Å². The smallest absolute Gasteiger partial charge is 0.343 e. The van der Waals surface area contributed by atoms with Gasteiger partial charge in [0.1, 0.15) is 0 Å². The first-order valence-corrected chi connectivity index (χ1v) is 4.21. The number of carbonyl (C=O) groups excluding carboxylic acids is 1. The lowest BCUT2D eigenvalue weighted by atomic mass is 10.3. The van der Waals surface area contributed by atoms with E-state index in [9.17, 15) is 4.79 Å². The highest BCUT2D eigenvalue weighted by molar-refractivity contribution is 5.83. The summed E-state index contributed by atoms with van der Waals surface area (Å²) in [5, 5.41) is 0. The van der Waals surface area contributed by atoms with E-state index < -0.39 is 5.60 Å². The molecule has 0 saturated heterocycles. The van der Waals surface area contributed by atoms with E-state index >= 15 is 0 Å². The molecule has 0 atom stereocenters. The molecule has 0 amide bonds. The average molecular weight is 170 g/mol. The molecule has 1 saturated carbocycles. The van der Waals surface area contributed by atoms with E-state index in [1.54, 1.807) is 13.0 Å². The van der Waals surface area contributed by atoms with Crippen LogP contribution >= 0.6 is 0 Å². The third-order valence-corrected chi connectivity index (χ3v) is 1.81. The number of hydrogen-bond acceptors (Lipinski definition) is 3. The number of carbonyl (C=O) groups is 1. The summed E-state index contributed by atoms with van der Waals surface area (Å²) in [5.41, 5.74) is -0.603. The van der Waals surface area contributed by atoms with Crippen molar-refractivity contribution < 1.29 is 14.3 Å². The van der Waals surface area contributed by atoms with Gasteiger partial charge >= 0.3 is 5.97 Å². The van der Waals surface area contributed by atoms with E-state index in [2.05, 4.69) is 0 Å². The molecule has 0 N–H and O–H groups in total. The highest BCUT2D eigenvalue weighted by atomic mass is 16.6. The molecule has 0 unspecified atom stereocenters. The zero-order valence-corrected chi connectivity index (χ0v) is 7.50. The summed E-state index contributed by atoms with van der Waals surface area (Å²) in [6.07, 6.45) is 4.65. The van der Waals surface area contributed by atoms with Crippen LogP contribution in [0.4, 0.5) is 0 Å². The Labute approximate surface area is 72.4 Å². The van der Waals surface area contributed by atoms with Crippen LogP contribution in [0.5, 0.6) is 0 Å². The summed E-state index contributed by atoms with van der Waals surface area (Å²) in [5.74, 6) is -0.262. The van der Waals surface area contributed by atoms with Crippen LogP contribution in [0.1, 0.15) is 26.7 Å². The molecule has 1 aliphatic carbocycles. The zero-order valence-electron chi connectivity index (χ0n) is 7.50. The standard InChI is InChI=1S/C9H14O3/c1-3-7-11-8(10)9(5-6-9)12-4-2/h3,7H,4-6H2,1-2H3. The minimum atomic E-state index is -0.603. The topological polar surface area (TPSA) is 35.5 Å². The van der Waals surface area contributed by atoms with Gasteiger partial charge in [0.05, 0.1) is 6.26 Å². The minimum Gasteiger partial charge on any atom is -0.433 e. The van der Waals surface area contributed by atoms with Crippen LogP contribution in [0.25, 0.3) is 0 Å². The first-order chi connectivity index (χ1) is 5.75. The first kappa shape index (κ1) is 9.26. The van der Waals surface area contributed by atoms with Crippen LogP contribution in [0, 0.1) is 0 Å². The fraction of sp³-hybridized carbons (Fsp3) is 0.667. The van der Waals surface area contributed by atoms with E-state index in [0.717, 1.165) is 12.8 Å². The number of rotatable bonds is 4. The lowest BCUT2D eigenvalue weighted by molar-refractivity contribution is -0.154. The predicted molar refractivity (Wildman–Crippen MR) is 44.5 cm³/mol. The summed E-state index contributed by atoms with van der Waals surface area (Å²) in [6, 6.07) is 0. The number of esters is 1. The van der Waals surface area contributed by atoms with E-state index in [0.29, 0.717) is 6.61 Å². The monoisotopic (exact) mass is 170 g/mol. The molecule has 1 aliphatic rings. The molecule has 68 valence electrons. The summed E-state index contributed by atoms with van der Waals surface area (Å²) in [4.78, 5) is 11.3. The van der Waals surface area contributed by atoms with Gasteiger partial charge in [0, 0.05) is 6.61 Å². The van der Waals surface area contributed by atoms with E-state index in [1.807, 2.05) is 6.92 Å². The molecule has 0 aromatic carbocycles. The molecule has 0 heterocycles. The lowest BCUT2D eigenvalue weighted by Crippen LogP contribution is -2.27. The van der Waals surface area contributed by atoms with Crippen LogP contribution in [0.15, 0.2) is 12.3 Å². The fourth-order valence-corrected chi connectivity index (χ4v) is 1.03. The Balaban J connectivity index is 2.40. The summed E-state index contributed by atoms with van der Waals surface area (Å²) in [6.45, 7) is 4.24. The molecule has 0 bridgehead atoms. The molecule has 1 fully saturated rings. The van der Waals surface area contributed by atoms with E-state index in [4.69, 9.17) is 9.47 Å². The molecular formula is C9H14O3. The number of ether oxygens (including phenoxy) is 2.